The van der Waals surface area contributed by atoms with Gasteiger partial charge in [-0.25, -0.2) is 4.39 Å². The number of hydrogen-bond acceptors (Lipinski definition) is 9. The lowest BCUT2D eigenvalue weighted by atomic mass is 9.57. The van der Waals surface area contributed by atoms with Crippen LogP contribution < -0.4 is 11.5 Å². The molecule has 0 radical (unpaired) electrons. The van der Waals surface area contributed by atoms with E-state index in [0.717, 1.165) is 0 Å². The monoisotopic (exact) mass is 537 g/mol. The summed E-state index contributed by atoms with van der Waals surface area (Å²) in [5.74, 6) is -7.68. The van der Waals surface area contributed by atoms with Gasteiger partial charge in [0, 0.05) is 23.6 Å². The number of hydrogen-bond donors (Lipinski definition) is 6. The quantitative estimate of drug-likeness (QED) is 0.312. The molecule has 0 aromatic heterocycles. The third-order valence-corrected chi connectivity index (χ3v) is 8.17. The van der Waals surface area contributed by atoms with Crippen molar-refractivity contribution >= 4 is 23.2 Å². The van der Waals surface area contributed by atoms with Crippen molar-refractivity contribution in [2.24, 2.45) is 23.3 Å². The number of amides is 1. The van der Waals surface area contributed by atoms with Gasteiger partial charge < -0.3 is 31.9 Å². The van der Waals surface area contributed by atoms with Crippen LogP contribution in [0.4, 0.5) is 4.39 Å². The van der Waals surface area contributed by atoms with Crippen LogP contribution in [-0.4, -0.2) is 68.5 Å². The van der Waals surface area contributed by atoms with Gasteiger partial charge in [0.15, 0.2) is 11.4 Å². The number of fused-ring (bicyclic) bond motifs is 3. The molecule has 0 bridgehead atoms. The van der Waals surface area contributed by atoms with E-state index in [1.807, 2.05) is 0 Å². The summed E-state index contributed by atoms with van der Waals surface area (Å²) in [5.41, 5.74) is 9.16. The van der Waals surface area contributed by atoms with E-state index in [2.05, 4.69) is 0 Å². The number of aliphatic hydroxyl groups excluding tert-OH is 2. The van der Waals surface area contributed by atoms with Gasteiger partial charge in [0.05, 0.1) is 11.6 Å². The molecular formula is C28H28FN3O7. The maximum Gasteiger partial charge on any atom is 0.255 e. The molecule has 11 heteroatoms. The number of benzene rings is 2. The molecule has 8 N–H and O–H groups in total. The summed E-state index contributed by atoms with van der Waals surface area (Å²) in [7, 11) is 3.07. The van der Waals surface area contributed by atoms with E-state index in [1.165, 1.54) is 31.1 Å². The average Bonchev–Trinajstić information content (AvgIpc) is 2.86. The van der Waals surface area contributed by atoms with Gasteiger partial charge >= 0.3 is 0 Å². The Labute approximate surface area is 222 Å². The zero-order valence-corrected chi connectivity index (χ0v) is 21.2. The zero-order chi connectivity index (χ0) is 28.5. The number of aromatic hydroxyl groups is 1. The summed E-state index contributed by atoms with van der Waals surface area (Å²) in [6.45, 7) is -0.114. The Bertz CT molecular complexity index is 1510. The second-order valence-electron chi connectivity index (χ2n) is 10.5. The molecule has 5 rings (SSSR count). The van der Waals surface area contributed by atoms with Gasteiger partial charge in [-0.15, -0.1) is 0 Å². The first-order chi connectivity index (χ1) is 18.3. The maximum atomic E-state index is 14.0. The highest BCUT2D eigenvalue weighted by Gasteiger charge is 2.64. The van der Waals surface area contributed by atoms with Crippen molar-refractivity contribution in [3.63, 3.8) is 0 Å². The molecule has 4 atom stereocenters. The van der Waals surface area contributed by atoms with Gasteiger partial charge in [-0.05, 0) is 67.7 Å². The highest BCUT2D eigenvalue weighted by atomic mass is 19.1. The first kappa shape index (κ1) is 26.5. The van der Waals surface area contributed by atoms with Gasteiger partial charge in [-0.1, -0.05) is 12.1 Å². The molecule has 2 aromatic carbocycles. The Morgan fingerprint density at radius 2 is 1.79 bits per heavy atom. The third kappa shape index (κ3) is 3.61. The van der Waals surface area contributed by atoms with Gasteiger partial charge in [0.1, 0.15) is 28.7 Å². The maximum absolute atomic E-state index is 14.0. The lowest BCUT2D eigenvalue weighted by molar-refractivity contribution is -0.153. The van der Waals surface area contributed by atoms with Crippen LogP contribution in [0.5, 0.6) is 5.75 Å². The fraction of sp³-hybridized carbons (Fsp3) is 0.321. The molecule has 2 aromatic rings. The first-order valence-electron chi connectivity index (χ1n) is 12.3. The van der Waals surface area contributed by atoms with E-state index in [9.17, 15) is 39.2 Å². The normalized spacial score (nSPS) is 26.5. The second kappa shape index (κ2) is 9.01. The summed E-state index contributed by atoms with van der Waals surface area (Å²) >= 11 is 0. The summed E-state index contributed by atoms with van der Waals surface area (Å²) < 4.78 is 13.7. The van der Waals surface area contributed by atoms with Crippen LogP contribution in [0, 0.1) is 17.7 Å². The highest BCUT2D eigenvalue weighted by molar-refractivity contribution is 6.24. The lowest BCUT2D eigenvalue weighted by Crippen LogP contribution is -2.65. The highest BCUT2D eigenvalue weighted by Crippen LogP contribution is 2.54. The number of likely N-dealkylation sites (N-methyl/N-ethyl adjacent to an activating group) is 1. The smallest absolute Gasteiger partial charge is 0.255 e. The molecule has 1 fully saturated rings. The minimum atomic E-state index is -2.72. The Morgan fingerprint density at radius 3 is 2.36 bits per heavy atom. The topological polar surface area (TPSA) is 187 Å². The molecule has 3 aliphatic rings. The zero-order valence-electron chi connectivity index (χ0n) is 21.2. The van der Waals surface area contributed by atoms with Crippen LogP contribution in [0.3, 0.4) is 0 Å². The minimum Gasteiger partial charge on any atom is -0.508 e. The van der Waals surface area contributed by atoms with Crippen LogP contribution >= 0.6 is 0 Å². The number of Topliss-reactive ketones (excluding diaryl/α,β-unsaturated/α-hetero) is 2. The molecule has 0 unspecified atom stereocenters. The van der Waals surface area contributed by atoms with Crippen LogP contribution in [0.2, 0.25) is 0 Å². The van der Waals surface area contributed by atoms with Crippen LogP contribution in [0.1, 0.15) is 23.1 Å². The molecule has 3 aliphatic carbocycles. The third-order valence-electron chi connectivity index (χ3n) is 8.17. The Morgan fingerprint density at radius 1 is 1.15 bits per heavy atom. The van der Waals surface area contributed by atoms with E-state index in [0.29, 0.717) is 16.7 Å². The van der Waals surface area contributed by atoms with Crippen molar-refractivity contribution in [3.05, 3.63) is 69.7 Å². The molecule has 0 heterocycles. The molecule has 10 nitrogen and oxygen atoms in total. The minimum absolute atomic E-state index is 0.0337. The SMILES string of the molecule is CN(C)[C@@H]1C(=O)C(C(N)=O)=C(O)[C@@]2(O)C(=O)C3=C(O)c4c(O)c(CN)cc(-c5ccc(F)cc5)c4C[C@@H]3C[C@H]12. The van der Waals surface area contributed by atoms with Crippen molar-refractivity contribution in [2.45, 2.75) is 31.0 Å². The lowest BCUT2D eigenvalue weighted by Gasteiger charge is -2.50. The Balaban J connectivity index is 1.77. The number of nitrogens with zero attached hydrogens (tertiary/aromatic N) is 1. The van der Waals surface area contributed by atoms with Gasteiger partial charge in [-0.3, -0.25) is 19.3 Å². The number of phenols is 1. The predicted molar refractivity (Wildman–Crippen MR) is 138 cm³/mol. The summed E-state index contributed by atoms with van der Waals surface area (Å²) in [6, 6.07) is 6.09. The molecule has 1 amide bonds. The first-order valence-corrected chi connectivity index (χ1v) is 12.3. The summed E-state index contributed by atoms with van der Waals surface area (Å²) in [4.78, 5) is 40.7. The molecule has 0 saturated heterocycles. The van der Waals surface area contributed by atoms with E-state index in [1.54, 1.807) is 18.2 Å². The Hall–Kier alpha value is -4.06. The number of carbonyl (C=O) groups is 3. The number of carbonyl (C=O) groups excluding carboxylic acids is 3. The Kier molecular flexibility index (Phi) is 6.13. The van der Waals surface area contributed by atoms with Gasteiger partial charge in [0.2, 0.25) is 5.78 Å². The van der Waals surface area contributed by atoms with Gasteiger partial charge in [-0.2, -0.15) is 0 Å². The van der Waals surface area contributed by atoms with Crippen molar-refractivity contribution in [1.82, 2.24) is 4.90 Å². The van der Waals surface area contributed by atoms with Crippen LogP contribution in [0.25, 0.3) is 16.9 Å². The number of primary amides is 1. The molecule has 0 aliphatic heterocycles. The van der Waals surface area contributed by atoms with Crippen molar-refractivity contribution in [2.75, 3.05) is 14.1 Å². The molecular weight excluding hydrogens is 509 g/mol. The summed E-state index contributed by atoms with van der Waals surface area (Å²) in [5, 5.41) is 45.1. The molecule has 204 valence electrons. The fourth-order valence-corrected chi connectivity index (χ4v) is 6.41. The number of rotatable bonds is 4. The number of ketones is 2. The summed E-state index contributed by atoms with van der Waals surface area (Å²) in [6.07, 6.45) is 0.0771. The van der Waals surface area contributed by atoms with Crippen molar-refractivity contribution in [3.8, 4) is 16.9 Å². The number of nitrogens with two attached hydrogens (primary N) is 2. The number of phenolic OH excluding ortho intramolecular Hbond substituents is 1. The fourth-order valence-electron chi connectivity index (χ4n) is 6.41. The van der Waals surface area contributed by atoms with E-state index in [4.69, 9.17) is 11.5 Å². The van der Waals surface area contributed by atoms with Crippen LogP contribution in [0.15, 0.2) is 47.2 Å². The molecule has 1 saturated carbocycles. The van der Waals surface area contributed by atoms with Crippen molar-refractivity contribution < 1.29 is 39.2 Å². The standard InChI is InChI=1S/C28H28FN3O7/c1-32(2)21-17-9-12-7-16-15(11-3-5-14(29)6-4-11)8-13(10-30)22(33)19(16)23(34)18(12)25(36)28(17,39)26(37)20(24(21)35)27(31)38/h3-6,8,12,17,21,33-34,37,39H,7,9-10,30H2,1-2H3,(H2,31,38)/t12-,17-,21+,28+/m1/s1. The second-order valence-corrected chi connectivity index (χ2v) is 10.5. The van der Waals surface area contributed by atoms with E-state index in [-0.39, 0.29) is 41.8 Å². The number of aliphatic hydroxyl groups is 3. The molecule has 0 spiro atoms. The van der Waals surface area contributed by atoms with E-state index >= 15 is 0 Å². The van der Waals surface area contributed by atoms with Gasteiger partial charge in [0.25, 0.3) is 5.91 Å². The average molecular weight is 538 g/mol. The largest absolute Gasteiger partial charge is 0.508 e. The van der Waals surface area contributed by atoms with Crippen molar-refractivity contribution in [1.29, 1.82) is 0 Å². The predicted octanol–water partition coefficient (Wildman–Crippen LogP) is 1.23. The van der Waals surface area contributed by atoms with E-state index < -0.39 is 63.9 Å². The van der Waals surface area contributed by atoms with Crippen LogP contribution in [-0.2, 0) is 27.3 Å². The molecule has 39 heavy (non-hydrogen) atoms. The number of halogens is 1.